The summed E-state index contributed by atoms with van der Waals surface area (Å²) in [6, 6.07) is 16.6. The van der Waals surface area contributed by atoms with Gasteiger partial charge in [0.1, 0.15) is 16.9 Å². The number of carbonyl (C=O) groups excluding carboxylic acids is 2. The van der Waals surface area contributed by atoms with Gasteiger partial charge in [0.25, 0.3) is 0 Å². The van der Waals surface area contributed by atoms with Crippen LogP contribution < -0.4 is 5.32 Å². The van der Waals surface area contributed by atoms with Gasteiger partial charge in [0.05, 0.1) is 19.2 Å². The first-order valence-electron chi connectivity index (χ1n) is 12.2. The maximum Gasteiger partial charge on any atom is 0.308 e. The van der Waals surface area contributed by atoms with Crippen LogP contribution in [0.15, 0.2) is 65.7 Å². The molecule has 0 spiro atoms. The van der Waals surface area contributed by atoms with Crippen molar-refractivity contribution in [3.63, 3.8) is 0 Å². The quantitative estimate of drug-likeness (QED) is 0.270. The average molecular weight is 526 g/mol. The Hall–Kier alpha value is -4.37. The minimum Gasteiger partial charge on any atom is -0.469 e. The molecule has 4 aromatic rings. The van der Waals surface area contributed by atoms with Crippen LogP contribution >= 0.6 is 11.3 Å². The van der Waals surface area contributed by atoms with Crippen molar-refractivity contribution in [1.29, 1.82) is 0 Å². The van der Waals surface area contributed by atoms with Crippen molar-refractivity contribution >= 4 is 40.7 Å². The molecular formula is C29H27N5O3S. The maximum absolute atomic E-state index is 12.3. The van der Waals surface area contributed by atoms with E-state index in [0.29, 0.717) is 5.82 Å². The molecule has 0 unspecified atom stereocenters. The lowest BCUT2D eigenvalue weighted by molar-refractivity contribution is -0.141. The minimum atomic E-state index is -0.542. The number of para-hydroxylation sites is 1. The topological polar surface area (TPSA) is 98.5 Å². The lowest BCUT2D eigenvalue weighted by atomic mass is 9.98. The van der Waals surface area contributed by atoms with Crippen LogP contribution in [0.2, 0.25) is 0 Å². The number of nitrogens with one attached hydrogen (secondary N) is 1. The van der Waals surface area contributed by atoms with Gasteiger partial charge in [-0.15, -0.1) is 21.5 Å². The highest BCUT2D eigenvalue weighted by Gasteiger charge is 2.32. The van der Waals surface area contributed by atoms with Gasteiger partial charge in [-0.05, 0) is 50.1 Å². The summed E-state index contributed by atoms with van der Waals surface area (Å²) in [4.78, 5) is 30.8. The Balaban J connectivity index is 1.50. The number of aryl methyl sites for hydroxylation is 2. The van der Waals surface area contributed by atoms with Gasteiger partial charge in [-0.3, -0.25) is 19.1 Å². The van der Waals surface area contributed by atoms with Crippen LogP contribution in [0.4, 0.5) is 5.69 Å². The van der Waals surface area contributed by atoms with Gasteiger partial charge in [0, 0.05) is 27.8 Å². The first-order chi connectivity index (χ1) is 18.4. The lowest BCUT2D eigenvalue weighted by Crippen LogP contribution is -2.12. The van der Waals surface area contributed by atoms with Crippen LogP contribution in [-0.4, -0.2) is 39.5 Å². The normalized spacial score (nSPS) is 14.4. The summed E-state index contributed by atoms with van der Waals surface area (Å²) >= 11 is 1.66. The number of thiophene rings is 1. The van der Waals surface area contributed by atoms with E-state index in [0.717, 1.165) is 44.5 Å². The zero-order valence-corrected chi connectivity index (χ0v) is 22.4. The Bertz CT molecular complexity index is 1570. The second kappa shape index (κ2) is 10.5. The number of rotatable bonds is 6. The summed E-state index contributed by atoms with van der Waals surface area (Å²) in [5.74, 6) is 0.793. The molecule has 0 aliphatic carbocycles. The maximum atomic E-state index is 12.3. The van der Waals surface area contributed by atoms with Crippen molar-refractivity contribution in [2.45, 2.75) is 33.2 Å². The molecule has 2 aromatic carbocycles. The number of anilines is 1. The summed E-state index contributed by atoms with van der Waals surface area (Å²) in [5, 5.41) is 12.5. The largest absolute Gasteiger partial charge is 0.469 e. The molecule has 192 valence electrons. The van der Waals surface area contributed by atoms with Gasteiger partial charge in [-0.25, -0.2) is 0 Å². The van der Waals surface area contributed by atoms with E-state index < -0.39 is 6.04 Å². The van der Waals surface area contributed by atoms with E-state index in [2.05, 4.69) is 29.4 Å². The number of esters is 1. The molecule has 1 N–H and O–H groups in total. The van der Waals surface area contributed by atoms with E-state index in [9.17, 15) is 9.59 Å². The summed E-state index contributed by atoms with van der Waals surface area (Å²) in [6.45, 7) is 6.08. The first kappa shape index (κ1) is 25.3. The molecule has 1 atom stereocenters. The van der Waals surface area contributed by atoms with Gasteiger partial charge >= 0.3 is 5.97 Å². The number of carbonyl (C=O) groups is 2. The number of nitrogens with zero attached hydrogens (tertiary/aromatic N) is 4. The lowest BCUT2D eigenvalue weighted by Gasteiger charge is -2.12. The van der Waals surface area contributed by atoms with Crippen LogP contribution in [0.5, 0.6) is 0 Å². The smallest absolute Gasteiger partial charge is 0.308 e. The number of aliphatic imine (C=N–C) groups is 1. The van der Waals surface area contributed by atoms with Crippen LogP contribution in [0.1, 0.15) is 51.2 Å². The Labute approximate surface area is 224 Å². The van der Waals surface area contributed by atoms with Gasteiger partial charge in [-0.2, -0.15) is 0 Å². The van der Waals surface area contributed by atoms with Crippen molar-refractivity contribution in [3.8, 4) is 5.00 Å². The fraction of sp³-hybridized carbons (Fsp3) is 0.207. The summed E-state index contributed by atoms with van der Waals surface area (Å²) in [5.41, 5.74) is 5.46. The number of fused-ring (bicyclic) bond motifs is 3. The van der Waals surface area contributed by atoms with E-state index >= 15 is 0 Å². The zero-order valence-electron chi connectivity index (χ0n) is 21.6. The number of methoxy groups -OCH3 is 1. The molecule has 0 fully saturated rings. The van der Waals surface area contributed by atoms with E-state index in [4.69, 9.17) is 9.73 Å². The fourth-order valence-corrected chi connectivity index (χ4v) is 5.61. The van der Waals surface area contributed by atoms with Crippen LogP contribution in [-0.2, 0) is 14.3 Å². The second-order valence-corrected chi connectivity index (χ2v) is 10.2. The Morgan fingerprint density at radius 1 is 1.05 bits per heavy atom. The zero-order chi connectivity index (χ0) is 26.8. The molecule has 8 nitrogen and oxygen atoms in total. The van der Waals surface area contributed by atoms with Gasteiger partial charge in [-0.1, -0.05) is 42.5 Å². The summed E-state index contributed by atoms with van der Waals surface area (Å²) in [6.07, 6.45) is 3.34. The molecule has 2 aromatic heterocycles. The highest BCUT2D eigenvalue weighted by Crippen LogP contribution is 2.39. The van der Waals surface area contributed by atoms with Gasteiger partial charge in [0.2, 0.25) is 5.91 Å². The molecule has 0 bridgehead atoms. The molecule has 5 rings (SSSR count). The molecule has 3 heterocycles. The number of amides is 1. The molecule has 9 heteroatoms. The van der Waals surface area contributed by atoms with E-state index in [1.54, 1.807) is 17.4 Å². The van der Waals surface area contributed by atoms with E-state index in [-0.39, 0.29) is 18.3 Å². The number of hydrogen-bond donors (Lipinski definition) is 1. The molecule has 38 heavy (non-hydrogen) atoms. The highest BCUT2D eigenvalue weighted by atomic mass is 32.1. The molecule has 1 amide bonds. The van der Waals surface area contributed by atoms with Crippen LogP contribution in [0, 0.1) is 20.8 Å². The van der Waals surface area contributed by atoms with Crippen molar-refractivity contribution in [2.24, 2.45) is 4.99 Å². The van der Waals surface area contributed by atoms with Crippen LogP contribution in [0.3, 0.4) is 0 Å². The van der Waals surface area contributed by atoms with Gasteiger partial charge in [0.15, 0.2) is 5.82 Å². The van der Waals surface area contributed by atoms with E-state index in [1.165, 1.54) is 18.1 Å². The van der Waals surface area contributed by atoms with Crippen molar-refractivity contribution in [2.75, 3.05) is 12.4 Å². The molecule has 0 radical (unpaired) electrons. The molecular weight excluding hydrogens is 498 g/mol. The van der Waals surface area contributed by atoms with Gasteiger partial charge < -0.3 is 10.1 Å². The Morgan fingerprint density at radius 3 is 2.50 bits per heavy atom. The SMILES string of the molecule is COC(=O)C[C@@H]1N=C(c2ccc(C=CC(=O)Nc3ccccc3)cc2)c2c(sc(C)c2C)-n2c(C)nnc21. The number of benzene rings is 2. The third-order valence-corrected chi connectivity index (χ3v) is 7.67. The summed E-state index contributed by atoms with van der Waals surface area (Å²) in [7, 11) is 1.37. The summed E-state index contributed by atoms with van der Waals surface area (Å²) < 4.78 is 6.96. The monoisotopic (exact) mass is 525 g/mol. The average Bonchev–Trinajstić information content (AvgIpc) is 3.40. The third-order valence-electron chi connectivity index (χ3n) is 6.48. The molecule has 1 aliphatic rings. The van der Waals surface area contributed by atoms with Crippen LogP contribution in [0.25, 0.3) is 11.1 Å². The number of hydrogen-bond acceptors (Lipinski definition) is 7. The second-order valence-electron chi connectivity index (χ2n) is 8.99. The first-order valence-corrected chi connectivity index (χ1v) is 13.0. The standard InChI is InChI=1S/C29H27N5O3S/c1-17-18(2)38-29-26(17)27(31-23(16-25(36)37-4)28-33-32-19(3)34(28)29)21-13-10-20(11-14-21)12-15-24(35)30-22-8-6-5-7-9-22/h5-15,23H,16H2,1-4H3,(H,30,35)/t23-/m0/s1. The number of aromatic nitrogens is 3. The Morgan fingerprint density at radius 2 is 1.79 bits per heavy atom. The predicted molar refractivity (Wildman–Crippen MR) is 149 cm³/mol. The molecule has 1 aliphatic heterocycles. The molecule has 0 saturated carbocycles. The highest BCUT2D eigenvalue weighted by molar-refractivity contribution is 7.15. The Kier molecular flexibility index (Phi) is 7.02. The van der Waals surface area contributed by atoms with Crippen molar-refractivity contribution in [1.82, 2.24) is 14.8 Å². The fourth-order valence-electron chi connectivity index (χ4n) is 4.40. The van der Waals surface area contributed by atoms with Crippen molar-refractivity contribution < 1.29 is 14.3 Å². The molecule has 0 saturated heterocycles. The number of ether oxygens (including phenoxy) is 1. The predicted octanol–water partition coefficient (Wildman–Crippen LogP) is 5.36. The van der Waals surface area contributed by atoms with Crippen molar-refractivity contribution in [3.05, 3.63) is 99.5 Å². The third kappa shape index (κ3) is 4.92. The minimum absolute atomic E-state index is 0.0580. The van der Waals surface area contributed by atoms with E-state index in [1.807, 2.05) is 66.1 Å².